The summed E-state index contributed by atoms with van der Waals surface area (Å²) in [7, 11) is 0. The van der Waals surface area contributed by atoms with Gasteiger partial charge < -0.3 is 10.1 Å². The molecule has 10 heteroatoms. The molecule has 0 saturated carbocycles. The summed E-state index contributed by atoms with van der Waals surface area (Å²) >= 11 is 0. The number of rotatable bonds is 5. The molecule has 1 amide bonds. The lowest BCUT2D eigenvalue weighted by molar-refractivity contribution is -0.137. The molecule has 0 radical (unpaired) electrons. The summed E-state index contributed by atoms with van der Waals surface area (Å²) in [5, 5.41) is 13.5. The van der Waals surface area contributed by atoms with Crippen molar-refractivity contribution in [3.63, 3.8) is 0 Å². The summed E-state index contributed by atoms with van der Waals surface area (Å²) in [5.41, 5.74) is 1.20. The van der Waals surface area contributed by atoms with E-state index in [9.17, 15) is 18.0 Å². The molecule has 0 bridgehead atoms. The van der Waals surface area contributed by atoms with Gasteiger partial charge in [0.1, 0.15) is 12.1 Å². The fourth-order valence-electron chi connectivity index (χ4n) is 2.31. The van der Waals surface area contributed by atoms with Crippen molar-refractivity contribution in [3.05, 3.63) is 59.9 Å². The number of tetrazole rings is 1. The van der Waals surface area contributed by atoms with Crippen molar-refractivity contribution in [1.82, 2.24) is 20.2 Å². The van der Waals surface area contributed by atoms with Crippen molar-refractivity contribution >= 4 is 11.6 Å². The van der Waals surface area contributed by atoms with Gasteiger partial charge >= 0.3 is 6.18 Å². The van der Waals surface area contributed by atoms with E-state index < -0.39 is 24.3 Å². The minimum absolute atomic E-state index is 0.0433. The van der Waals surface area contributed by atoms with Gasteiger partial charge in [0, 0.05) is 5.69 Å². The zero-order valence-corrected chi connectivity index (χ0v) is 14.1. The molecule has 2 aromatic carbocycles. The number of hydrogen-bond donors (Lipinski definition) is 1. The van der Waals surface area contributed by atoms with Crippen molar-refractivity contribution < 1.29 is 22.7 Å². The third-order valence-corrected chi connectivity index (χ3v) is 3.62. The van der Waals surface area contributed by atoms with E-state index in [4.69, 9.17) is 4.74 Å². The van der Waals surface area contributed by atoms with E-state index in [1.165, 1.54) is 23.1 Å². The minimum atomic E-state index is -4.48. The molecule has 1 heterocycles. The number of aryl methyl sites for hydroxylation is 1. The molecule has 140 valence electrons. The number of halogens is 3. The number of amides is 1. The van der Waals surface area contributed by atoms with Gasteiger partial charge in [-0.1, -0.05) is 12.1 Å². The molecule has 0 saturated heterocycles. The first kappa shape index (κ1) is 18.4. The topological polar surface area (TPSA) is 81.9 Å². The van der Waals surface area contributed by atoms with Crippen LogP contribution in [-0.2, 0) is 11.0 Å². The molecule has 0 atom stereocenters. The van der Waals surface area contributed by atoms with Gasteiger partial charge in [0.15, 0.2) is 6.61 Å². The van der Waals surface area contributed by atoms with Crippen LogP contribution in [0, 0.1) is 6.92 Å². The first-order valence-electron chi connectivity index (χ1n) is 7.77. The Morgan fingerprint density at radius 2 is 2.04 bits per heavy atom. The lowest BCUT2D eigenvalue weighted by Crippen LogP contribution is -2.20. The summed E-state index contributed by atoms with van der Waals surface area (Å²) in [6.45, 7) is 1.43. The third kappa shape index (κ3) is 4.60. The van der Waals surface area contributed by atoms with Crippen LogP contribution in [0.2, 0.25) is 0 Å². The molecule has 0 aliphatic heterocycles. The Labute approximate surface area is 151 Å². The molecule has 27 heavy (non-hydrogen) atoms. The molecule has 1 aromatic heterocycles. The van der Waals surface area contributed by atoms with Gasteiger partial charge in [0.05, 0.1) is 11.3 Å². The zero-order valence-electron chi connectivity index (χ0n) is 14.1. The summed E-state index contributed by atoms with van der Waals surface area (Å²) < 4.78 is 44.7. The fourth-order valence-corrected chi connectivity index (χ4v) is 2.31. The van der Waals surface area contributed by atoms with Crippen molar-refractivity contribution in [2.24, 2.45) is 0 Å². The first-order chi connectivity index (χ1) is 12.8. The van der Waals surface area contributed by atoms with Crippen LogP contribution in [0.15, 0.2) is 48.8 Å². The average Bonchev–Trinajstić information content (AvgIpc) is 3.15. The Kier molecular flexibility index (Phi) is 5.06. The highest BCUT2D eigenvalue weighted by Crippen LogP contribution is 2.31. The molecule has 1 N–H and O–H groups in total. The van der Waals surface area contributed by atoms with E-state index in [0.29, 0.717) is 11.4 Å². The highest BCUT2D eigenvalue weighted by molar-refractivity contribution is 5.92. The van der Waals surface area contributed by atoms with Crippen LogP contribution >= 0.6 is 0 Å². The van der Waals surface area contributed by atoms with E-state index in [0.717, 1.165) is 17.7 Å². The van der Waals surface area contributed by atoms with Gasteiger partial charge in [-0.25, -0.2) is 4.68 Å². The normalized spacial score (nSPS) is 11.3. The largest absolute Gasteiger partial charge is 0.484 e. The first-order valence-corrected chi connectivity index (χ1v) is 7.77. The number of nitrogens with zero attached hydrogens (tertiary/aromatic N) is 4. The number of hydrogen-bond acceptors (Lipinski definition) is 5. The van der Waals surface area contributed by atoms with E-state index >= 15 is 0 Å². The van der Waals surface area contributed by atoms with Gasteiger partial charge in [-0.3, -0.25) is 4.79 Å². The maximum absolute atomic E-state index is 12.7. The molecule has 0 spiro atoms. The second kappa shape index (κ2) is 7.44. The SMILES string of the molecule is Cc1ccc(NC(=O)COc2cccc(C(F)(F)F)c2)cc1-n1cnnn1. The fraction of sp³-hybridized carbons (Fsp3) is 0.176. The predicted molar refractivity (Wildman–Crippen MR) is 89.5 cm³/mol. The summed E-state index contributed by atoms with van der Waals surface area (Å²) in [5.74, 6) is -0.558. The molecule has 0 aliphatic carbocycles. The third-order valence-electron chi connectivity index (χ3n) is 3.62. The number of benzene rings is 2. The molecule has 3 aromatic rings. The molecular weight excluding hydrogens is 363 g/mol. The van der Waals surface area contributed by atoms with E-state index in [1.54, 1.807) is 18.2 Å². The number of ether oxygens (including phenoxy) is 1. The van der Waals surface area contributed by atoms with Gasteiger partial charge in [-0.15, -0.1) is 5.10 Å². The van der Waals surface area contributed by atoms with Crippen LogP contribution in [0.5, 0.6) is 5.75 Å². The van der Waals surface area contributed by atoms with E-state index in [-0.39, 0.29) is 5.75 Å². The standard InChI is InChI=1S/C17H14F3N5O2/c1-11-5-6-13(8-15(11)25-10-21-23-24-25)22-16(26)9-27-14-4-2-3-12(7-14)17(18,19)20/h2-8,10H,9H2,1H3,(H,22,26). The monoisotopic (exact) mass is 377 g/mol. The molecule has 0 unspecified atom stereocenters. The Morgan fingerprint density at radius 3 is 2.74 bits per heavy atom. The minimum Gasteiger partial charge on any atom is -0.484 e. The quantitative estimate of drug-likeness (QED) is 0.739. The number of aromatic nitrogens is 4. The Morgan fingerprint density at radius 1 is 1.22 bits per heavy atom. The smallest absolute Gasteiger partial charge is 0.416 e. The van der Waals surface area contributed by atoms with Crippen LogP contribution in [0.25, 0.3) is 5.69 Å². The van der Waals surface area contributed by atoms with Crippen LogP contribution in [0.4, 0.5) is 18.9 Å². The van der Waals surface area contributed by atoms with E-state index in [2.05, 4.69) is 20.8 Å². The summed E-state index contributed by atoms with van der Waals surface area (Å²) in [6.07, 6.45) is -3.05. The Bertz CT molecular complexity index is 942. The molecule has 3 rings (SSSR count). The van der Waals surface area contributed by atoms with Gasteiger partial charge in [-0.2, -0.15) is 13.2 Å². The maximum atomic E-state index is 12.7. The molecule has 7 nitrogen and oxygen atoms in total. The Hall–Kier alpha value is -3.43. The zero-order chi connectivity index (χ0) is 19.4. The van der Waals surface area contributed by atoms with Crippen molar-refractivity contribution in [2.75, 3.05) is 11.9 Å². The van der Waals surface area contributed by atoms with Crippen LogP contribution in [-0.4, -0.2) is 32.7 Å². The maximum Gasteiger partial charge on any atom is 0.416 e. The van der Waals surface area contributed by atoms with Crippen molar-refractivity contribution in [3.8, 4) is 11.4 Å². The second-order valence-electron chi connectivity index (χ2n) is 5.62. The van der Waals surface area contributed by atoms with Gasteiger partial charge in [0.2, 0.25) is 0 Å². The molecule has 0 aliphatic rings. The number of alkyl halides is 3. The van der Waals surface area contributed by atoms with Gasteiger partial charge in [0.25, 0.3) is 5.91 Å². The van der Waals surface area contributed by atoms with Gasteiger partial charge in [-0.05, 0) is 53.2 Å². The number of carbonyl (C=O) groups is 1. The van der Waals surface area contributed by atoms with Crippen molar-refractivity contribution in [2.45, 2.75) is 13.1 Å². The van der Waals surface area contributed by atoms with Crippen LogP contribution < -0.4 is 10.1 Å². The Balaban J connectivity index is 1.64. The number of carbonyl (C=O) groups excluding carboxylic acids is 1. The highest BCUT2D eigenvalue weighted by atomic mass is 19.4. The highest BCUT2D eigenvalue weighted by Gasteiger charge is 2.30. The molecular formula is C17H14F3N5O2. The predicted octanol–water partition coefficient (Wildman–Crippen LogP) is 3.01. The average molecular weight is 377 g/mol. The summed E-state index contributed by atoms with van der Waals surface area (Å²) in [4.78, 5) is 12.0. The summed E-state index contributed by atoms with van der Waals surface area (Å²) in [6, 6.07) is 9.48. The van der Waals surface area contributed by atoms with Crippen LogP contribution in [0.1, 0.15) is 11.1 Å². The van der Waals surface area contributed by atoms with Crippen LogP contribution in [0.3, 0.4) is 0 Å². The number of nitrogens with one attached hydrogen (secondary N) is 1. The lowest BCUT2D eigenvalue weighted by Gasteiger charge is -2.11. The molecule has 0 fully saturated rings. The van der Waals surface area contributed by atoms with Crippen molar-refractivity contribution in [1.29, 1.82) is 0 Å². The lowest BCUT2D eigenvalue weighted by atomic mass is 10.2. The van der Waals surface area contributed by atoms with E-state index in [1.807, 2.05) is 6.92 Å². The number of anilines is 1. The second-order valence-corrected chi connectivity index (χ2v) is 5.62.